The van der Waals surface area contributed by atoms with Gasteiger partial charge >= 0.3 is 5.97 Å². The number of rotatable bonds is 6. The summed E-state index contributed by atoms with van der Waals surface area (Å²) >= 11 is 0. The fourth-order valence-electron chi connectivity index (χ4n) is 1.11. The number of carboxylic acid groups (broad SMARTS) is 1. The Kier molecular flexibility index (Phi) is 4.63. The monoisotopic (exact) mass is 210 g/mol. The first-order chi connectivity index (χ1) is 7.24. The van der Waals surface area contributed by atoms with Gasteiger partial charge in [0, 0.05) is 20.1 Å². The van der Waals surface area contributed by atoms with Crippen LogP contribution in [-0.4, -0.2) is 31.4 Å². The molecule has 4 heteroatoms. The molecule has 1 aromatic carbocycles. The van der Waals surface area contributed by atoms with Gasteiger partial charge in [0.1, 0.15) is 5.75 Å². The lowest BCUT2D eigenvalue weighted by molar-refractivity contribution is 0.0696. The molecule has 4 nitrogen and oxygen atoms in total. The SMILES string of the molecule is COCCCOc1cccc(C(=O)O)c1. The molecular weight excluding hydrogens is 196 g/mol. The molecule has 0 aliphatic heterocycles. The summed E-state index contributed by atoms with van der Waals surface area (Å²) in [5.74, 6) is -0.372. The van der Waals surface area contributed by atoms with E-state index in [0.29, 0.717) is 19.0 Å². The fraction of sp³-hybridized carbons (Fsp3) is 0.364. The van der Waals surface area contributed by atoms with Crippen LogP contribution in [0.1, 0.15) is 16.8 Å². The lowest BCUT2D eigenvalue weighted by Gasteiger charge is -2.05. The summed E-state index contributed by atoms with van der Waals surface area (Å²) in [6.45, 7) is 1.16. The van der Waals surface area contributed by atoms with E-state index in [2.05, 4.69) is 0 Å². The molecule has 0 amide bonds. The second kappa shape index (κ2) is 6.03. The fourth-order valence-corrected chi connectivity index (χ4v) is 1.11. The first kappa shape index (κ1) is 11.5. The summed E-state index contributed by atoms with van der Waals surface area (Å²) < 4.78 is 10.2. The van der Waals surface area contributed by atoms with Crippen molar-refractivity contribution in [3.63, 3.8) is 0 Å². The maximum Gasteiger partial charge on any atom is 0.335 e. The van der Waals surface area contributed by atoms with Crippen LogP contribution in [0.5, 0.6) is 5.75 Å². The Morgan fingerprint density at radius 3 is 2.87 bits per heavy atom. The third-order valence-corrected chi connectivity index (χ3v) is 1.84. The van der Waals surface area contributed by atoms with Crippen molar-refractivity contribution in [2.75, 3.05) is 20.3 Å². The Hall–Kier alpha value is -1.55. The molecule has 1 N–H and O–H groups in total. The van der Waals surface area contributed by atoms with Crippen molar-refractivity contribution in [2.45, 2.75) is 6.42 Å². The van der Waals surface area contributed by atoms with E-state index in [9.17, 15) is 4.79 Å². The predicted molar refractivity (Wildman–Crippen MR) is 55.4 cm³/mol. The standard InChI is InChI=1S/C11H14O4/c1-14-6-3-7-15-10-5-2-4-9(8-10)11(12)13/h2,4-5,8H,3,6-7H2,1H3,(H,12,13). The lowest BCUT2D eigenvalue weighted by atomic mass is 10.2. The van der Waals surface area contributed by atoms with Gasteiger partial charge < -0.3 is 14.6 Å². The third-order valence-electron chi connectivity index (χ3n) is 1.84. The van der Waals surface area contributed by atoms with Crippen LogP contribution < -0.4 is 4.74 Å². The van der Waals surface area contributed by atoms with Gasteiger partial charge in [-0.3, -0.25) is 0 Å². The zero-order chi connectivity index (χ0) is 11.1. The number of ether oxygens (including phenoxy) is 2. The van der Waals surface area contributed by atoms with Crippen LogP contribution in [0.25, 0.3) is 0 Å². The van der Waals surface area contributed by atoms with E-state index in [1.54, 1.807) is 19.2 Å². The molecule has 1 aromatic rings. The Morgan fingerprint density at radius 2 is 2.20 bits per heavy atom. The zero-order valence-corrected chi connectivity index (χ0v) is 8.60. The largest absolute Gasteiger partial charge is 0.493 e. The van der Waals surface area contributed by atoms with E-state index in [4.69, 9.17) is 14.6 Å². The van der Waals surface area contributed by atoms with Gasteiger partial charge in [-0.2, -0.15) is 0 Å². The summed E-state index contributed by atoms with van der Waals surface area (Å²) in [7, 11) is 1.63. The molecule has 0 saturated heterocycles. The number of hydrogen-bond acceptors (Lipinski definition) is 3. The average Bonchev–Trinajstić information content (AvgIpc) is 2.25. The maximum atomic E-state index is 10.7. The summed E-state index contributed by atoms with van der Waals surface area (Å²) in [5, 5.41) is 8.74. The molecule has 0 fully saturated rings. The van der Waals surface area contributed by atoms with E-state index in [1.807, 2.05) is 0 Å². The molecule has 0 radical (unpaired) electrons. The second-order valence-corrected chi connectivity index (χ2v) is 3.03. The zero-order valence-electron chi connectivity index (χ0n) is 8.60. The third kappa shape index (κ3) is 3.99. The van der Waals surface area contributed by atoms with E-state index in [1.165, 1.54) is 12.1 Å². The van der Waals surface area contributed by atoms with E-state index >= 15 is 0 Å². The Labute approximate surface area is 88.4 Å². The van der Waals surface area contributed by atoms with Gasteiger partial charge in [-0.15, -0.1) is 0 Å². The van der Waals surface area contributed by atoms with Gasteiger partial charge in [-0.1, -0.05) is 6.07 Å². The van der Waals surface area contributed by atoms with Crippen LogP contribution >= 0.6 is 0 Å². The molecule has 0 saturated carbocycles. The van der Waals surface area contributed by atoms with Gasteiger partial charge in [0.25, 0.3) is 0 Å². The van der Waals surface area contributed by atoms with Crippen LogP contribution in [0.2, 0.25) is 0 Å². The van der Waals surface area contributed by atoms with Crippen LogP contribution in [0.4, 0.5) is 0 Å². The molecule has 1 rings (SSSR count). The molecule has 0 aliphatic rings. The van der Waals surface area contributed by atoms with Crippen molar-refractivity contribution < 1.29 is 19.4 Å². The molecule has 0 spiro atoms. The number of carboxylic acids is 1. The quantitative estimate of drug-likeness (QED) is 0.727. The van der Waals surface area contributed by atoms with Crippen molar-refractivity contribution in [1.29, 1.82) is 0 Å². The number of methoxy groups -OCH3 is 1. The Balaban J connectivity index is 2.47. The van der Waals surface area contributed by atoms with Crippen molar-refractivity contribution >= 4 is 5.97 Å². The van der Waals surface area contributed by atoms with Gasteiger partial charge in [0.2, 0.25) is 0 Å². The van der Waals surface area contributed by atoms with Crippen LogP contribution in [-0.2, 0) is 4.74 Å². The number of hydrogen-bond donors (Lipinski definition) is 1. The van der Waals surface area contributed by atoms with Crippen molar-refractivity contribution in [3.05, 3.63) is 29.8 Å². The molecule has 0 heterocycles. The number of aromatic carboxylic acids is 1. The molecule has 0 atom stereocenters. The van der Waals surface area contributed by atoms with Crippen LogP contribution in [0.15, 0.2) is 24.3 Å². The summed E-state index contributed by atoms with van der Waals surface area (Å²) in [6, 6.07) is 6.44. The summed E-state index contributed by atoms with van der Waals surface area (Å²) in [6.07, 6.45) is 0.786. The summed E-state index contributed by atoms with van der Waals surface area (Å²) in [5.41, 5.74) is 0.235. The van der Waals surface area contributed by atoms with Crippen LogP contribution in [0.3, 0.4) is 0 Å². The second-order valence-electron chi connectivity index (χ2n) is 3.03. The van der Waals surface area contributed by atoms with E-state index < -0.39 is 5.97 Å². The highest BCUT2D eigenvalue weighted by molar-refractivity contribution is 5.87. The van der Waals surface area contributed by atoms with Gasteiger partial charge in [0.05, 0.1) is 12.2 Å². The Morgan fingerprint density at radius 1 is 1.40 bits per heavy atom. The highest BCUT2D eigenvalue weighted by Gasteiger charge is 2.03. The first-order valence-corrected chi connectivity index (χ1v) is 4.69. The number of benzene rings is 1. The highest BCUT2D eigenvalue weighted by Crippen LogP contribution is 2.13. The highest BCUT2D eigenvalue weighted by atomic mass is 16.5. The van der Waals surface area contributed by atoms with E-state index in [-0.39, 0.29) is 5.56 Å². The van der Waals surface area contributed by atoms with Gasteiger partial charge in [-0.05, 0) is 18.2 Å². The van der Waals surface area contributed by atoms with Crippen molar-refractivity contribution in [2.24, 2.45) is 0 Å². The molecular formula is C11H14O4. The minimum atomic E-state index is -0.947. The van der Waals surface area contributed by atoms with Gasteiger partial charge in [0.15, 0.2) is 0 Å². The topological polar surface area (TPSA) is 55.8 Å². The molecule has 82 valence electrons. The molecule has 0 unspecified atom stereocenters. The van der Waals surface area contributed by atoms with Crippen molar-refractivity contribution in [1.82, 2.24) is 0 Å². The number of carbonyl (C=O) groups is 1. The smallest absolute Gasteiger partial charge is 0.335 e. The first-order valence-electron chi connectivity index (χ1n) is 4.69. The maximum absolute atomic E-state index is 10.7. The van der Waals surface area contributed by atoms with Crippen molar-refractivity contribution in [3.8, 4) is 5.75 Å². The molecule has 0 aliphatic carbocycles. The summed E-state index contributed by atoms with van der Waals surface area (Å²) in [4.78, 5) is 10.7. The average molecular weight is 210 g/mol. The van der Waals surface area contributed by atoms with Crippen LogP contribution in [0, 0.1) is 0 Å². The van der Waals surface area contributed by atoms with E-state index in [0.717, 1.165) is 6.42 Å². The van der Waals surface area contributed by atoms with Gasteiger partial charge in [-0.25, -0.2) is 4.79 Å². The molecule has 15 heavy (non-hydrogen) atoms. The molecule has 0 aromatic heterocycles. The Bertz CT molecular complexity index is 322. The normalized spacial score (nSPS) is 9.93. The predicted octanol–water partition coefficient (Wildman–Crippen LogP) is 1.80. The lowest BCUT2D eigenvalue weighted by Crippen LogP contribution is -2.02. The minimum absolute atomic E-state index is 0.235. The minimum Gasteiger partial charge on any atom is -0.493 e. The molecule has 0 bridgehead atoms.